The van der Waals surface area contributed by atoms with Gasteiger partial charge in [-0.2, -0.15) is 0 Å². The van der Waals surface area contributed by atoms with E-state index >= 15 is 0 Å². The topological polar surface area (TPSA) is 54.2 Å². The van der Waals surface area contributed by atoms with Gasteiger partial charge < -0.3 is 9.67 Å². The van der Waals surface area contributed by atoms with E-state index in [0.717, 1.165) is 38.3 Å². The monoisotopic (exact) mass is 314 g/mol. The van der Waals surface area contributed by atoms with Crippen molar-refractivity contribution in [2.24, 2.45) is 13.0 Å². The van der Waals surface area contributed by atoms with Crippen LogP contribution >= 0.6 is 0 Å². The molecule has 0 radical (unpaired) electrons. The van der Waals surface area contributed by atoms with Crippen LogP contribution in [0.2, 0.25) is 0 Å². The minimum absolute atomic E-state index is 0.291. The number of rotatable bonds is 4. The normalized spacial score (nSPS) is 18.3. The second kappa shape index (κ2) is 6.81. The van der Waals surface area contributed by atoms with Gasteiger partial charge in [0, 0.05) is 32.2 Å². The van der Waals surface area contributed by atoms with Crippen LogP contribution in [-0.4, -0.2) is 37.6 Å². The van der Waals surface area contributed by atoms with Gasteiger partial charge in [0.15, 0.2) is 0 Å². The molecule has 1 aliphatic heterocycles. The molecule has 5 heteroatoms. The van der Waals surface area contributed by atoms with Gasteiger partial charge in [0.25, 0.3) is 0 Å². The number of piperidine rings is 1. The van der Waals surface area contributed by atoms with Gasteiger partial charge in [0.05, 0.1) is 5.69 Å². The molecular formula is C18H26N4O. The lowest BCUT2D eigenvalue weighted by Crippen LogP contribution is -2.36. The molecule has 3 rings (SSSR count). The molecule has 3 heterocycles. The summed E-state index contributed by atoms with van der Waals surface area (Å²) in [5.74, 6) is 1.07. The Hall–Kier alpha value is -1.72. The van der Waals surface area contributed by atoms with Crippen molar-refractivity contribution >= 4 is 0 Å². The fourth-order valence-electron chi connectivity index (χ4n) is 3.42. The number of aliphatic hydroxyl groups excluding tert-OH is 1. The van der Waals surface area contributed by atoms with Gasteiger partial charge >= 0.3 is 0 Å². The fourth-order valence-corrected chi connectivity index (χ4v) is 3.42. The Kier molecular flexibility index (Phi) is 4.78. The van der Waals surface area contributed by atoms with Crippen LogP contribution in [0.25, 0.3) is 0 Å². The second-order valence-electron chi connectivity index (χ2n) is 6.73. The van der Waals surface area contributed by atoms with E-state index in [1.165, 1.54) is 16.8 Å². The van der Waals surface area contributed by atoms with Crippen molar-refractivity contribution in [3.8, 4) is 0 Å². The summed E-state index contributed by atoms with van der Waals surface area (Å²) in [6.45, 7) is 7.11. The van der Waals surface area contributed by atoms with Crippen LogP contribution in [0.3, 0.4) is 0 Å². The van der Waals surface area contributed by atoms with Crippen LogP contribution in [0.1, 0.15) is 41.6 Å². The maximum atomic E-state index is 10.6. The summed E-state index contributed by atoms with van der Waals surface area (Å²) in [5.41, 5.74) is 3.64. The summed E-state index contributed by atoms with van der Waals surface area (Å²) in [5, 5.41) is 10.6. The van der Waals surface area contributed by atoms with Crippen molar-refractivity contribution in [1.29, 1.82) is 0 Å². The van der Waals surface area contributed by atoms with E-state index in [4.69, 9.17) is 0 Å². The van der Waals surface area contributed by atoms with E-state index in [9.17, 15) is 5.11 Å². The zero-order valence-electron chi connectivity index (χ0n) is 14.2. The van der Waals surface area contributed by atoms with Gasteiger partial charge in [-0.3, -0.25) is 9.88 Å². The average molecular weight is 314 g/mol. The Morgan fingerprint density at radius 3 is 2.61 bits per heavy atom. The van der Waals surface area contributed by atoms with Crippen LogP contribution in [0.4, 0.5) is 0 Å². The molecule has 0 aliphatic carbocycles. The zero-order chi connectivity index (χ0) is 16.4. The Morgan fingerprint density at radius 2 is 2.00 bits per heavy atom. The number of imidazole rings is 1. The molecule has 1 N–H and O–H groups in total. The number of nitrogens with zero attached hydrogens (tertiary/aromatic N) is 4. The first-order valence-electron chi connectivity index (χ1n) is 8.34. The first-order chi connectivity index (χ1) is 11.0. The van der Waals surface area contributed by atoms with Crippen molar-refractivity contribution in [1.82, 2.24) is 19.4 Å². The lowest BCUT2D eigenvalue weighted by molar-refractivity contribution is 0.0488. The lowest BCUT2D eigenvalue weighted by Gasteiger charge is -2.34. The number of hydrogen-bond donors (Lipinski definition) is 1. The Balaban J connectivity index is 1.57. The van der Waals surface area contributed by atoms with Gasteiger partial charge in [-0.1, -0.05) is 6.07 Å². The van der Waals surface area contributed by atoms with Crippen LogP contribution < -0.4 is 0 Å². The molecule has 2 aromatic heterocycles. The number of likely N-dealkylation sites (tertiary alicyclic amines) is 1. The molecule has 1 atom stereocenters. The average Bonchev–Trinajstić information content (AvgIpc) is 2.96. The summed E-state index contributed by atoms with van der Waals surface area (Å²) in [6, 6.07) is 2.19. The van der Waals surface area contributed by atoms with Crippen molar-refractivity contribution in [3.05, 3.63) is 47.3 Å². The van der Waals surface area contributed by atoms with Gasteiger partial charge in [-0.05, 0) is 56.8 Å². The van der Waals surface area contributed by atoms with Crippen LogP contribution in [0.15, 0.2) is 24.7 Å². The van der Waals surface area contributed by atoms with Gasteiger partial charge in [0.1, 0.15) is 11.9 Å². The summed E-state index contributed by atoms with van der Waals surface area (Å²) in [4.78, 5) is 11.3. The molecule has 0 aromatic carbocycles. The van der Waals surface area contributed by atoms with Crippen LogP contribution in [0.5, 0.6) is 0 Å². The smallest absolute Gasteiger partial charge is 0.137 e. The van der Waals surface area contributed by atoms with Crippen molar-refractivity contribution in [2.45, 2.75) is 39.3 Å². The number of hydrogen-bond acceptors (Lipinski definition) is 4. The van der Waals surface area contributed by atoms with E-state index < -0.39 is 6.10 Å². The van der Waals surface area contributed by atoms with Crippen LogP contribution in [-0.2, 0) is 13.6 Å². The standard InChI is InChI=1S/C18H26N4O/c1-13-10-14(2)16(20-11-13)12-22-7-4-15(5-8-22)17(23)18-19-6-9-21(18)3/h6,9-11,15,17,23H,4-5,7-8,12H2,1-3H3. The van der Waals surface area contributed by atoms with E-state index in [2.05, 4.69) is 34.8 Å². The van der Waals surface area contributed by atoms with E-state index in [1.54, 1.807) is 6.20 Å². The van der Waals surface area contributed by atoms with Crippen LogP contribution in [0, 0.1) is 19.8 Å². The lowest BCUT2D eigenvalue weighted by atomic mass is 9.90. The SMILES string of the molecule is Cc1cnc(CN2CCC(C(O)c3nccn3C)CC2)c(C)c1. The van der Waals surface area contributed by atoms with E-state index in [1.807, 2.05) is 24.0 Å². The first kappa shape index (κ1) is 16.1. The molecule has 1 unspecified atom stereocenters. The first-order valence-corrected chi connectivity index (χ1v) is 8.34. The van der Waals surface area contributed by atoms with E-state index in [0.29, 0.717) is 5.92 Å². The highest BCUT2D eigenvalue weighted by Crippen LogP contribution is 2.30. The third kappa shape index (κ3) is 3.62. The molecule has 0 amide bonds. The number of aromatic nitrogens is 3. The molecule has 0 spiro atoms. The second-order valence-corrected chi connectivity index (χ2v) is 6.73. The van der Waals surface area contributed by atoms with E-state index in [-0.39, 0.29) is 0 Å². The summed E-state index contributed by atoms with van der Waals surface area (Å²) >= 11 is 0. The Morgan fingerprint density at radius 1 is 1.26 bits per heavy atom. The molecule has 124 valence electrons. The third-order valence-electron chi connectivity index (χ3n) is 4.90. The van der Waals surface area contributed by atoms with Crippen molar-refractivity contribution in [2.75, 3.05) is 13.1 Å². The Labute approximate surface area is 138 Å². The van der Waals surface area contributed by atoms with Gasteiger partial charge in [-0.15, -0.1) is 0 Å². The maximum Gasteiger partial charge on any atom is 0.137 e. The molecule has 1 aliphatic rings. The number of pyridine rings is 1. The number of aryl methyl sites for hydroxylation is 3. The highest BCUT2D eigenvalue weighted by molar-refractivity contribution is 5.23. The fraction of sp³-hybridized carbons (Fsp3) is 0.556. The quantitative estimate of drug-likeness (QED) is 0.941. The summed E-state index contributed by atoms with van der Waals surface area (Å²) < 4.78 is 1.91. The predicted molar refractivity (Wildman–Crippen MR) is 89.9 cm³/mol. The molecular weight excluding hydrogens is 288 g/mol. The zero-order valence-corrected chi connectivity index (χ0v) is 14.2. The van der Waals surface area contributed by atoms with Crippen molar-refractivity contribution < 1.29 is 5.11 Å². The summed E-state index contributed by atoms with van der Waals surface area (Å²) in [6.07, 6.45) is 7.12. The maximum absolute atomic E-state index is 10.6. The van der Waals surface area contributed by atoms with Gasteiger partial charge in [-0.25, -0.2) is 4.98 Å². The molecule has 2 aromatic rings. The highest BCUT2D eigenvalue weighted by Gasteiger charge is 2.28. The number of aliphatic hydroxyl groups is 1. The molecule has 0 saturated carbocycles. The molecule has 23 heavy (non-hydrogen) atoms. The highest BCUT2D eigenvalue weighted by atomic mass is 16.3. The molecule has 5 nitrogen and oxygen atoms in total. The Bertz CT molecular complexity index is 659. The summed E-state index contributed by atoms with van der Waals surface area (Å²) in [7, 11) is 1.94. The predicted octanol–water partition coefficient (Wildman–Crippen LogP) is 2.38. The van der Waals surface area contributed by atoms with Gasteiger partial charge in [0.2, 0.25) is 0 Å². The molecule has 1 saturated heterocycles. The molecule has 1 fully saturated rings. The van der Waals surface area contributed by atoms with Crippen molar-refractivity contribution in [3.63, 3.8) is 0 Å². The minimum atomic E-state index is -0.462. The minimum Gasteiger partial charge on any atom is -0.385 e. The molecule has 0 bridgehead atoms. The third-order valence-corrected chi connectivity index (χ3v) is 4.90. The largest absolute Gasteiger partial charge is 0.385 e.